The maximum atomic E-state index is 13.0. The fraction of sp³-hybridized carbons (Fsp3) is 0.100. The van der Waals surface area contributed by atoms with Crippen molar-refractivity contribution in [3.63, 3.8) is 0 Å². The minimum atomic E-state index is -3.50. The van der Waals surface area contributed by atoms with Crippen molar-refractivity contribution >= 4 is 47.3 Å². The molecular formula is C20H15BrN2O3S2. The van der Waals surface area contributed by atoms with Crippen molar-refractivity contribution in [1.29, 1.82) is 0 Å². The average molecular weight is 475 g/mol. The van der Waals surface area contributed by atoms with Crippen LogP contribution in [-0.2, 0) is 16.4 Å². The number of rotatable bonds is 5. The minimum Gasteiger partial charge on any atom is -0.298 e. The number of halogens is 1. The molecule has 0 aliphatic rings. The molecule has 0 aliphatic carbocycles. The summed E-state index contributed by atoms with van der Waals surface area (Å²) >= 11 is 4.70. The highest BCUT2D eigenvalue weighted by Crippen LogP contribution is 2.30. The second kappa shape index (κ2) is 7.62. The normalized spacial score (nSPS) is 11.8. The number of sulfone groups is 1. The van der Waals surface area contributed by atoms with Gasteiger partial charge in [-0.1, -0.05) is 46.3 Å². The molecular weight excluding hydrogens is 460 g/mol. The third kappa shape index (κ3) is 3.67. The lowest BCUT2D eigenvalue weighted by molar-refractivity contribution is 0.587. The van der Waals surface area contributed by atoms with Gasteiger partial charge in [-0.25, -0.2) is 13.4 Å². The van der Waals surface area contributed by atoms with Crippen LogP contribution in [0, 0.1) is 0 Å². The van der Waals surface area contributed by atoms with Crippen molar-refractivity contribution in [1.82, 2.24) is 9.55 Å². The molecule has 0 N–H and O–H groups in total. The minimum absolute atomic E-state index is 0.0459. The Morgan fingerprint density at radius 3 is 2.46 bits per heavy atom. The summed E-state index contributed by atoms with van der Waals surface area (Å²) in [6.07, 6.45) is 1.42. The van der Waals surface area contributed by atoms with E-state index < -0.39 is 9.84 Å². The van der Waals surface area contributed by atoms with E-state index in [-0.39, 0.29) is 22.8 Å². The first kappa shape index (κ1) is 19.0. The van der Waals surface area contributed by atoms with Crippen molar-refractivity contribution in [2.24, 2.45) is 0 Å². The Balaban J connectivity index is 1.67. The first-order valence-electron chi connectivity index (χ1n) is 8.46. The maximum absolute atomic E-state index is 13.0. The predicted molar refractivity (Wildman–Crippen MR) is 116 cm³/mol. The lowest BCUT2D eigenvalue weighted by Gasteiger charge is -2.08. The Labute approximate surface area is 174 Å². The number of fused-ring (bicyclic) bond motifs is 1. The zero-order valence-electron chi connectivity index (χ0n) is 14.6. The van der Waals surface area contributed by atoms with Gasteiger partial charge in [-0.3, -0.25) is 9.36 Å². The highest BCUT2D eigenvalue weighted by molar-refractivity contribution is 9.10. The first-order chi connectivity index (χ1) is 13.5. The van der Waals surface area contributed by atoms with Crippen LogP contribution in [0.5, 0.6) is 0 Å². The molecule has 0 bridgehead atoms. The molecule has 0 aliphatic heterocycles. The second-order valence-corrected chi connectivity index (χ2v) is 10.1. The number of hydrogen-bond donors (Lipinski definition) is 0. The van der Waals surface area contributed by atoms with Gasteiger partial charge in [-0.05, 0) is 29.8 Å². The largest absolute Gasteiger partial charge is 0.298 e. The molecule has 5 nitrogen and oxygen atoms in total. The van der Waals surface area contributed by atoms with E-state index >= 15 is 0 Å². The number of aromatic nitrogens is 2. The lowest BCUT2D eigenvalue weighted by atomic mass is 10.1. The van der Waals surface area contributed by atoms with Crippen LogP contribution in [-0.4, -0.2) is 23.7 Å². The van der Waals surface area contributed by atoms with Crippen molar-refractivity contribution < 1.29 is 8.42 Å². The molecule has 2 heterocycles. The van der Waals surface area contributed by atoms with E-state index in [2.05, 4.69) is 20.9 Å². The van der Waals surface area contributed by atoms with Crippen molar-refractivity contribution in [3.05, 3.63) is 81.1 Å². The number of hydrogen-bond acceptors (Lipinski definition) is 5. The summed E-state index contributed by atoms with van der Waals surface area (Å²) in [6.45, 7) is 0.0459. The van der Waals surface area contributed by atoms with Crippen LogP contribution in [0.4, 0.5) is 0 Å². The predicted octanol–water partition coefficient (Wildman–Crippen LogP) is 4.36. The molecule has 0 fully saturated rings. The molecule has 0 saturated carbocycles. The summed E-state index contributed by atoms with van der Waals surface area (Å²) in [7, 11) is -3.50. The molecule has 4 aromatic rings. The molecule has 0 saturated heterocycles. The molecule has 142 valence electrons. The highest BCUT2D eigenvalue weighted by Gasteiger charge is 2.17. The molecule has 0 atom stereocenters. The Morgan fingerprint density at radius 1 is 1.04 bits per heavy atom. The third-order valence-corrected chi connectivity index (χ3v) is 7.54. The average Bonchev–Trinajstić information content (AvgIpc) is 3.13. The summed E-state index contributed by atoms with van der Waals surface area (Å²) in [5, 5.41) is 2.44. The first-order valence-corrected chi connectivity index (χ1v) is 11.8. The monoisotopic (exact) mass is 474 g/mol. The van der Waals surface area contributed by atoms with E-state index in [1.54, 1.807) is 24.3 Å². The van der Waals surface area contributed by atoms with Crippen LogP contribution in [0.2, 0.25) is 0 Å². The fourth-order valence-corrected chi connectivity index (χ4v) is 5.33. The third-order valence-electron chi connectivity index (χ3n) is 4.42. The smallest absolute Gasteiger partial charge is 0.262 e. The molecule has 4 rings (SSSR count). The number of aryl methyl sites for hydroxylation is 1. The van der Waals surface area contributed by atoms with Gasteiger partial charge in [0.05, 0.1) is 22.4 Å². The van der Waals surface area contributed by atoms with Crippen LogP contribution in [0.25, 0.3) is 21.3 Å². The maximum Gasteiger partial charge on any atom is 0.262 e. The zero-order valence-corrected chi connectivity index (χ0v) is 17.8. The van der Waals surface area contributed by atoms with Gasteiger partial charge in [0.15, 0.2) is 9.84 Å². The van der Waals surface area contributed by atoms with Gasteiger partial charge in [0.25, 0.3) is 5.56 Å². The Morgan fingerprint density at radius 2 is 1.75 bits per heavy atom. The van der Waals surface area contributed by atoms with Crippen LogP contribution in [0.3, 0.4) is 0 Å². The summed E-state index contributed by atoms with van der Waals surface area (Å²) < 4.78 is 27.3. The Bertz CT molecular complexity index is 1300. The molecule has 0 spiro atoms. The standard InChI is InChI=1S/C20H15BrN2O3S2/c21-15-6-8-16(9-7-15)28(25,26)11-10-23-13-22-19-18(20(23)24)17(12-27-19)14-4-2-1-3-5-14/h1-9,12-13H,10-11H2. The topological polar surface area (TPSA) is 69.0 Å². The summed E-state index contributed by atoms with van der Waals surface area (Å²) in [4.78, 5) is 18.2. The molecule has 8 heteroatoms. The quantitative estimate of drug-likeness (QED) is 0.430. The molecule has 2 aromatic heterocycles. The van der Waals surface area contributed by atoms with Crippen LogP contribution in [0.1, 0.15) is 0 Å². The van der Waals surface area contributed by atoms with E-state index in [0.29, 0.717) is 10.2 Å². The van der Waals surface area contributed by atoms with Gasteiger partial charge >= 0.3 is 0 Å². The Kier molecular flexibility index (Phi) is 5.18. The van der Waals surface area contributed by atoms with E-state index in [9.17, 15) is 13.2 Å². The van der Waals surface area contributed by atoms with Gasteiger partial charge < -0.3 is 0 Å². The van der Waals surface area contributed by atoms with E-state index in [1.807, 2.05) is 35.7 Å². The van der Waals surface area contributed by atoms with Gasteiger partial charge in [0.2, 0.25) is 0 Å². The van der Waals surface area contributed by atoms with Gasteiger partial charge in [-0.15, -0.1) is 11.3 Å². The molecule has 0 unspecified atom stereocenters. The highest BCUT2D eigenvalue weighted by atomic mass is 79.9. The van der Waals surface area contributed by atoms with E-state index in [4.69, 9.17) is 0 Å². The van der Waals surface area contributed by atoms with E-state index in [0.717, 1.165) is 15.6 Å². The fourth-order valence-electron chi connectivity index (χ4n) is 2.94. The summed E-state index contributed by atoms with van der Waals surface area (Å²) in [5.41, 5.74) is 1.53. The summed E-state index contributed by atoms with van der Waals surface area (Å²) in [6, 6.07) is 16.1. The van der Waals surface area contributed by atoms with Crippen molar-refractivity contribution in [2.75, 3.05) is 5.75 Å². The summed E-state index contributed by atoms with van der Waals surface area (Å²) in [5.74, 6) is -0.174. The van der Waals surface area contributed by atoms with E-state index in [1.165, 1.54) is 22.2 Å². The lowest BCUT2D eigenvalue weighted by Crippen LogP contribution is -2.24. The Hall–Kier alpha value is -2.29. The van der Waals surface area contributed by atoms with Crippen molar-refractivity contribution in [2.45, 2.75) is 11.4 Å². The van der Waals surface area contributed by atoms with Crippen LogP contribution >= 0.6 is 27.3 Å². The number of nitrogens with zero attached hydrogens (tertiary/aromatic N) is 2. The van der Waals surface area contributed by atoms with Crippen LogP contribution < -0.4 is 5.56 Å². The molecule has 2 aromatic carbocycles. The van der Waals surface area contributed by atoms with Gasteiger partial charge in [-0.2, -0.15) is 0 Å². The van der Waals surface area contributed by atoms with Gasteiger partial charge in [0.1, 0.15) is 4.83 Å². The second-order valence-electron chi connectivity index (χ2n) is 6.21. The molecule has 0 radical (unpaired) electrons. The van der Waals surface area contributed by atoms with Gasteiger partial charge in [0, 0.05) is 22.0 Å². The number of benzene rings is 2. The SMILES string of the molecule is O=c1c2c(-c3ccccc3)csc2ncn1CCS(=O)(=O)c1ccc(Br)cc1. The van der Waals surface area contributed by atoms with Crippen molar-refractivity contribution in [3.8, 4) is 11.1 Å². The number of thiophene rings is 1. The molecule has 0 amide bonds. The van der Waals surface area contributed by atoms with Crippen LogP contribution in [0.15, 0.2) is 80.5 Å². The zero-order chi connectivity index (χ0) is 19.7. The molecule has 28 heavy (non-hydrogen) atoms.